The summed E-state index contributed by atoms with van der Waals surface area (Å²) in [7, 11) is 0. The van der Waals surface area contributed by atoms with Gasteiger partial charge in [-0.3, -0.25) is 0 Å². The van der Waals surface area contributed by atoms with Crippen molar-refractivity contribution in [2.24, 2.45) is 5.92 Å². The van der Waals surface area contributed by atoms with Gasteiger partial charge in [-0.25, -0.2) is 9.18 Å². The van der Waals surface area contributed by atoms with E-state index in [1.807, 2.05) is 0 Å². The number of carbonyl (C=O) groups is 1. The first kappa shape index (κ1) is 10.9. The zero-order valence-electron chi connectivity index (χ0n) is 9.03. The summed E-state index contributed by atoms with van der Waals surface area (Å²) in [4.78, 5) is 10.7. The van der Waals surface area contributed by atoms with Crippen LogP contribution in [0.1, 0.15) is 30.1 Å². The van der Waals surface area contributed by atoms with Crippen LogP contribution in [-0.2, 0) is 0 Å². The van der Waals surface area contributed by atoms with Gasteiger partial charge < -0.3 is 10.4 Å². The predicted molar refractivity (Wildman–Crippen MR) is 59.2 cm³/mol. The van der Waals surface area contributed by atoms with Crippen LogP contribution in [0.25, 0.3) is 0 Å². The molecule has 86 valence electrons. The first-order chi connectivity index (χ1) is 7.56. The van der Waals surface area contributed by atoms with E-state index in [2.05, 4.69) is 12.2 Å². The summed E-state index contributed by atoms with van der Waals surface area (Å²) in [5.74, 6) is -1.21. The summed E-state index contributed by atoms with van der Waals surface area (Å²) in [6.07, 6.45) is 2.17. The maximum atomic E-state index is 13.1. The smallest absolute Gasteiger partial charge is 0.338 e. The van der Waals surface area contributed by atoms with Crippen LogP contribution in [0.3, 0.4) is 0 Å². The van der Waals surface area contributed by atoms with E-state index in [0.717, 1.165) is 18.8 Å². The van der Waals surface area contributed by atoms with Crippen LogP contribution in [0.2, 0.25) is 0 Å². The number of benzene rings is 1. The average molecular weight is 223 g/mol. The summed E-state index contributed by atoms with van der Waals surface area (Å²) in [6.45, 7) is 2.17. The number of hydrogen-bond donors (Lipinski definition) is 2. The second-order valence-electron chi connectivity index (χ2n) is 4.42. The highest BCUT2D eigenvalue weighted by Crippen LogP contribution is 2.29. The van der Waals surface area contributed by atoms with Crippen molar-refractivity contribution in [3.05, 3.63) is 29.6 Å². The highest BCUT2D eigenvalue weighted by Gasteiger charge is 2.25. The van der Waals surface area contributed by atoms with Crippen molar-refractivity contribution in [3.63, 3.8) is 0 Å². The predicted octanol–water partition coefficient (Wildman–Crippen LogP) is 2.73. The zero-order valence-corrected chi connectivity index (χ0v) is 9.03. The number of aromatic carboxylic acids is 1. The van der Waals surface area contributed by atoms with Crippen molar-refractivity contribution >= 4 is 11.7 Å². The van der Waals surface area contributed by atoms with E-state index in [-0.39, 0.29) is 5.56 Å². The molecule has 1 saturated carbocycles. The summed E-state index contributed by atoms with van der Waals surface area (Å²) in [5, 5.41) is 12.0. The van der Waals surface area contributed by atoms with Gasteiger partial charge >= 0.3 is 5.97 Å². The molecule has 0 heterocycles. The molecule has 1 aromatic carbocycles. The minimum Gasteiger partial charge on any atom is -0.478 e. The van der Waals surface area contributed by atoms with E-state index in [1.54, 1.807) is 6.07 Å². The Morgan fingerprint density at radius 1 is 1.50 bits per heavy atom. The van der Waals surface area contributed by atoms with Gasteiger partial charge in [-0.05, 0) is 37.0 Å². The van der Waals surface area contributed by atoms with Crippen LogP contribution in [0.4, 0.5) is 10.1 Å². The van der Waals surface area contributed by atoms with Crippen LogP contribution in [0.15, 0.2) is 18.2 Å². The fraction of sp³-hybridized carbons (Fsp3) is 0.417. The lowest BCUT2D eigenvalue weighted by molar-refractivity contribution is 0.0692. The molecule has 1 aromatic rings. The molecule has 3 nitrogen and oxygen atoms in total. The van der Waals surface area contributed by atoms with Crippen LogP contribution >= 0.6 is 0 Å². The van der Waals surface area contributed by atoms with Crippen molar-refractivity contribution in [2.75, 3.05) is 5.32 Å². The third kappa shape index (κ3) is 2.15. The molecule has 2 rings (SSSR count). The SMILES string of the molecule is CC1CC(Nc2ccc(F)c(C(=O)O)c2)C1. The fourth-order valence-electron chi connectivity index (χ4n) is 2.03. The molecule has 0 spiro atoms. The fourth-order valence-corrected chi connectivity index (χ4v) is 2.03. The van der Waals surface area contributed by atoms with Gasteiger partial charge in [-0.1, -0.05) is 6.92 Å². The number of carboxylic acids is 1. The molecular formula is C12H14FNO2. The molecular weight excluding hydrogens is 209 g/mol. The minimum absolute atomic E-state index is 0.280. The number of rotatable bonds is 3. The van der Waals surface area contributed by atoms with Crippen molar-refractivity contribution in [2.45, 2.75) is 25.8 Å². The Hall–Kier alpha value is -1.58. The molecule has 0 unspecified atom stereocenters. The van der Waals surface area contributed by atoms with Crippen LogP contribution < -0.4 is 5.32 Å². The van der Waals surface area contributed by atoms with Crippen LogP contribution in [-0.4, -0.2) is 17.1 Å². The summed E-state index contributed by atoms with van der Waals surface area (Å²) < 4.78 is 13.1. The standard InChI is InChI=1S/C12H14FNO2/c1-7-4-9(5-7)14-8-2-3-11(13)10(6-8)12(15)16/h2-3,6-7,9,14H,4-5H2,1H3,(H,15,16). The number of halogens is 1. The topological polar surface area (TPSA) is 49.3 Å². The van der Waals surface area contributed by atoms with Gasteiger partial charge in [-0.15, -0.1) is 0 Å². The van der Waals surface area contributed by atoms with Crippen molar-refractivity contribution in [1.29, 1.82) is 0 Å². The number of carboxylic acid groups (broad SMARTS) is 1. The maximum Gasteiger partial charge on any atom is 0.338 e. The molecule has 4 heteroatoms. The Morgan fingerprint density at radius 2 is 2.19 bits per heavy atom. The summed E-state index contributed by atoms with van der Waals surface area (Å²) in [6, 6.07) is 4.50. The van der Waals surface area contributed by atoms with Crippen molar-refractivity contribution in [1.82, 2.24) is 0 Å². The van der Waals surface area contributed by atoms with Crippen LogP contribution in [0.5, 0.6) is 0 Å². The first-order valence-electron chi connectivity index (χ1n) is 5.35. The van der Waals surface area contributed by atoms with Gasteiger partial charge in [-0.2, -0.15) is 0 Å². The molecule has 1 aliphatic rings. The normalized spacial score (nSPS) is 23.6. The van der Waals surface area contributed by atoms with Gasteiger partial charge in [0.1, 0.15) is 5.82 Å². The largest absolute Gasteiger partial charge is 0.478 e. The highest BCUT2D eigenvalue weighted by molar-refractivity contribution is 5.89. The van der Waals surface area contributed by atoms with Gasteiger partial charge in [0.25, 0.3) is 0 Å². The molecule has 16 heavy (non-hydrogen) atoms. The molecule has 0 radical (unpaired) electrons. The zero-order chi connectivity index (χ0) is 11.7. The molecule has 1 fully saturated rings. The summed E-state index contributed by atoms with van der Waals surface area (Å²) >= 11 is 0. The Morgan fingerprint density at radius 3 is 2.75 bits per heavy atom. The molecule has 0 atom stereocenters. The third-order valence-corrected chi connectivity index (χ3v) is 2.94. The maximum absolute atomic E-state index is 13.1. The van der Waals surface area contributed by atoms with Crippen LogP contribution in [0, 0.1) is 11.7 Å². The van der Waals surface area contributed by atoms with Gasteiger partial charge in [0, 0.05) is 11.7 Å². The second-order valence-corrected chi connectivity index (χ2v) is 4.42. The van der Waals surface area contributed by atoms with E-state index < -0.39 is 11.8 Å². The van der Waals surface area contributed by atoms with Crippen molar-refractivity contribution < 1.29 is 14.3 Å². The molecule has 0 aliphatic heterocycles. The third-order valence-electron chi connectivity index (χ3n) is 2.94. The van der Waals surface area contributed by atoms with Crippen molar-refractivity contribution in [3.8, 4) is 0 Å². The Balaban J connectivity index is 2.10. The molecule has 0 bridgehead atoms. The Labute approximate surface area is 93.3 Å². The molecule has 1 aliphatic carbocycles. The van der Waals surface area contributed by atoms with E-state index >= 15 is 0 Å². The highest BCUT2D eigenvalue weighted by atomic mass is 19.1. The quantitative estimate of drug-likeness (QED) is 0.828. The molecule has 0 aromatic heterocycles. The first-order valence-corrected chi connectivity index (χ1v) is 5.35. The number of anilines is 1. The van der Waals surface area contributed by atoms with E-state index in [1.165, 1.54) is 12.1 Å². The lowest BCUT2D eigenvalue weighted by Crippen LogP contribution is -2.33. The Bertz CT molecular complexity index is 413. The van der Waals surface area contributed by atoms with E-state index in [0.29, 0.717) is 11.7 Å². The van der Waals surface area contributed by atoms with E-state index in [4.69, 9.17) is 5.11 Å². The van der Waals surface area contributed by atoms with E-state index in [9.17, 15) is 9.18 Å². The van der Waals surface area contributed by atoms with Gasteiger partial charge in [0.2, 0.25) is 0 Å². The lowest BCUT2D eigenvalue weighted by Gasteiger charge is -2.34. The second kappa shape index (κ2) is 4.12. The summed E-state index contributed by atoms with van der Waals surface area (Å²) in [5.41, 5.74) is 0.396. The Kier molecular flexibility index (Phi) is 2.81. The number of nitrogens with one attached hydrogen (secondary N) is 1. The molecule has 0 amide bonds. The average Bonchev–Trinajstić information content (AvgIpc) is 2.18. The molecule has 2 N–H and O–H groups in total. The van der Waals surface area contributed by atoms with Gasteiger partial charge in [0.05, 0.1) is 5.56 Å². The van der Waals surface area contributed by atoms with Gasteiger partial charge in [0.15, 0.2) is 0 Å². The number of hydrogen-bond acceptors (Lipinski definition) is 2. The minimum atomic E-state index is -1.23. The lowest BCUT2D eigenvalue weighted by atomic mass is 9.82. The monoisotopic (exact) mass is 223 g/mol. The molecule has 0 saturated heterocycles.